The monoisotopic (exact) mass is 170 g/mol. The Balaban J connectivity index is 2.19. The van der Waals surface area contributed by atoms with Gasteiger partial charge in [-0.2, -0.15) is 0 Å². The third-order valence-corrected chi connectivity index (χ3v) is 3.64. The number of epoxide rings is 1. The minimum absolute atomic E-state index is 0.0538. The number of hydrogen-bond acceptors (Lipinski definition) is 2. The third-order valence-electron chi connectivity index (χ3n) is 3.64. The predicted molar refractivity (Wildman–Crippen MR) is 46.9 cm³/mol. The Morgan fingerprint density at radius 1 is 1.42 bits per heavy atom. The van der Waals surface area contributed by atoms with Crippen LogP contribution in [0.4, 0.5) is 0 Å². The van der Waals surface area contributed by atoms with Gasteiger partial charge in [-0.15, -0.1) is 0 Å². The lowest BCUT2D eigenvalue weighted by atomic mass is 9.80. The van der Waals surface area contributed by atoms with Crippen molar-refractivity contribution in [1.82, 2.24) is 0 Å². The Bertz CT molecular complexity index is 189. The highest BCUT2D eigenvalue weighted by Gasteiger charge is 2.62. The van der Waals surface area contributed by atoms with Crippen molar-refractivity contribution in [2.45, 2.75) is 44.8 Å². The summed E-state index contributed by atoms with van der Waals surface area (Å²) in [5.74, 6) is 0.980. The average molecular weight is 170 g/mol. The molecule has 1 aliphatic carbocycles. The van der Waals surface area contributed by atoms with Crippen LogP contribution in [0.15, 0.2) is 0 Å². The summed E-state index contributed by atoms with van der Waals surface area (Å²) in [6.07, 6.45) is 2.32. The van der Waals surface area contributed by atoms with Gasteiger partial charge in [-0.3, -0.25) is 0 Å². The summed E-state index contributed by atoms with van der Waals surface area (Å²) < 4.78 is 5.55. The zero-order chi connectivity index (χ0) is 8.98. The van der Waals surface area contributed by atoms with E-state index in [1.807, 2.05) is 13.8 Å². The first-order chi connectivity index (χ1) is 5.47. The molecule has 0 aromatic carbocycles. The van der Waals surface area contributed by atoms with Crippen molar-refractivity contribution in [1.29, 1.82) is 0 Å². The van der Waals surface area contributed by atoms with Gasteiger partial charge in [0.1, 0.15) is 0 Å². The van der Waals surface area contributed by atoms with E-state index in [0.717, 1.165) is 13.0 Å². The van der Waals surface area contributed by atoms with Crippen LogP contribution in [0.25, 0.3) is 0 Å². The highest BCUT2D eigenvalue weighted by atomic mass is 16.6. The fourth-order valence-electron chi connectivity index (χ4n) is 2.77. The molecule has 1 saturated carbocycles. The SMILES string of the molecule is C[C@H]1CC[C@@H](C(C)(C)O)[C@@]12CO2. The maximum absolute atomic E-state index is 9.93. The van der Waals surface area contributed by atoms with Crippen LogP contribution in [0, 0.1) is 11.8 Å². The van der Waals surface area contributed by atoms with Gasteiger partial charge in [0.15, 0.2) is 0 Å². The van der Waals surface area contributed by atoms with Crippen LogP contribution in [0.5, 0.6) is 0 Å². The molecule has 2 aliphatic rings. The number of rotatable bonds is 1. The maximum atomic E-state index is 9.93. The Labute approximate surface area is 73.9 Å². The molecule has 3 atom stereocenters. The highest BCUT2D eigenvalue weighted by molar-refractivity contribution is 5.10. The van der Waals surface area contributed by atoms with Gasteiger partial charge >= 0.3 is 0 Å². The van der Waals surface area contributed by atoms with Gasteiger partial charge in [-0.05, 0) is 32.6 Å². The summed E-state index contributed by atoms with van der Waals surface area (Å²) in [5.41, 5.74) is -0.514. The molecule has 1 spiro atoms. The van der Waals surface area contributed by atoms with E-state index in [1.165, 1.54) is 6.42 Å². The molecule has 1 heterocycles. The molecule has 1 aliphatic heterocycles. The first-order valence-corrected chi connectivity index (χ1v) is 4.83. The normalized spacial score (nSPS) is 47.0. The zero-order valence-corrected chi connectivity index (χ0v) is 8.13. The summed E-state index contributed by atoms with van der Waals surface area (Å²) in [4.78, 5) is 0. The average Bonchev–Trinajstić information content (AvgIpc) is 2.58. The summed E-state index contributed by atoms with van der Waals surface area (Å²) in [6, 6.07) is 0. The number of aliphatic hydroxyl groups is 1. The van der Waals surface area contributed by atoms with Crippen molar-refractivity contribution in [3.8, 4) is 0 Å². The van der Waals surface area contributed by atoms with Crippen molar-refractivity contribution in [2.24, 2.45) is 11.8 Å². The van der Waals surface area contributed by atoms with Gasteiger partial charge in [0.25, 0.3) is 0 Å². The smallest absolute Gasteiger partial charge is 0.0996 e. The molecule has 0 unspecified atom stereocenters. The first-order valence-electron chi connectivity index (χ1n) is 4.83. The van der Waals surface area contributed by atoms with Gasteiger partial charge in [0.2, 0.25) is 0 Å². The van der Waals surface area contributed by atoms with Gasteiger partial charge in [0, 0.05) is 5.92 Å². The second kappa shape index (κ2) is 2.24. The second-order valence-corrected chi connectivity index (χ2v) is 4.93. The predicted octanol–water partition coefficient (Wildman–Crippen LogP) is 1.57. The Morgan fingerprint density at radius 2 is 2.00 bits per heavy atom. The fraction of sp³-hybridized carbons (Fsp3) is 1.00. The minimum atomic E-state index is -0.568. The molecule has 0 radical (unpaired) electrons. The molecule has 1 N–H and O–H groups in total. The van der Waals surface area contributed by atoms with E-state index in [1.54, 1.807) is 0 Å². The number of hydrogen-bond donors (Lipinski definition) is 1. The van der Waals surface area contributed by atoms with Crippen molar-refractivity contribution >= 4 is 0 Å². The first kappa shape index (κ1) is 8.52. The van der Waals surface area contributed by atoms with E-state index in [9.17, 15) is 5.11 Å². The zero-order valence-electron chi connectivity index (χ0n) is 8.13. The van der Waals surface area contributed by atoms with Crippen LogP contribution < -0.4 is 0 Å². The third kappa shape index (κ3) is 1.01. The summed E-state index contributed by atoms with van der Waals surface area (Å²) >= 11 is 0. The van der Waals surface area contributed by atoms with Crippen LogP contribution in [-0.2, 0) is 4.74 Å². The van der Waals surface area contributed by atoms with Gasteiger partial charge in [-0.1, -0.05) is 6.92 Å². The van der Waals surface area contributed by atoms with E-state index in [4.69, 9.17) is 4.74 Å². The molecular formula is C10H18O2. The van der Waals surface area contributed by atoms with Crippen molar-refractivity contribution in [2.75, 3.05) is 6.61 Å². The molecule has 2 rings (SSSR count). The largest absolute Gasteiger partial charge is 0.390 e. The summed E-state index contributed by atoms with van der Waals surface area (Å²) in [7, 11) is 0. The van der Waals surface area contributed by atoms with Crippen LogP contribution >= 0.6 is 0 Å². The van der Waals surface area contributed by atoms with E-state index < -0.39 is 5.60 Å². The van der Waals surface area contributed by atoms with Crippen molar-refractivity contribution in [3.05, 3.63) is 0 Å². The van der Waals surface area contributed by atoms with Crippen molar-refractivity contribution in [3.63, 3.8) is 0 Å². The Morgan fingerprint density at radius 3 is 2.33 bits per heavy atom. The van der Waals surface area contributed by atoms with Crippen LogP contribution in [0.1, 0.15) is 33.6 Å². The molecule has 12 heavy (non-hydrogen) atoms. The lowest BCUT2D eigenvalue weighted by molar-refractivity contribution is -0.0149. The Hall–Kier alpha value is -0.0800. The van der Waals surface area contributed by atoms with Gasteiger partial charge in [0.05, 0.1) is 17.8 Å². The van der Waals surface area contributed by atoms with Gasteiger partial charge < -0.3 is 9.84 Å². The van der Waals surface area contributed by atoms with Crippen LogP contribution in [-0.4, -0.2) is 22.9 Å². The van der Waals surface area contributed by atoms with Gasteiger partial charge in [-0.25, -0.2) is 0 Å². The number of ether oxygens (including phenoxy) is 1. The van der Waals surface area contributed by atoms with E-state index in [-0.39, 0.29) is 5.60 Å². The van der Waals surface area contributed by atoms with Crippen LogP contribution in [0.3, 0.4) is 0 Å². The fourth-order valence-corrected chi connectivity index (χ4v) is 2.77. The van der Waals surface area contributed by atoms with E-state index in [2.05, 4.69) is 6.92 Å². The Kier molecular flexibility index (Phi) is 1.59. The molecule has 0 bridgehead atoms. The second-order valence-electron chi connectivity index (χ2n) is 4.93. The standard InChI is InChI=1S/C10H18O2/c1-7-4-5-8(9(2,3)11)10(7)6-12-10/h7-8,11H,4-6H2,1-3H3/t7-,8-,10+/m0/s1. The molecule has 0 amide bonds. The maximum Gasteiger partial charge on any atom is 0.0996 e. The van der Waals surface area contributed by atoms with E-state index >= 15 is 0 Å². The molecule has 2 heteroatoms. The molecule has 70 valence electrons. The molecule has 0 aromatic rings. The highest BCUT2D eigenvalue weighted by Crippen LogP contribution is 2.55. The molecule has 1 saturated heterocycles. The van der Waals surface area contributed by atoms with Crippen LogP contribution in [0.2, 0.25) is 0 Å². The van der Waals surface area contributed by atoms with E-state index in [0.29, 0.717) is 11.8 Å². The molecular weight excluding hydrogens is 152 g/mol. The summed E-state index contributed by atoms with van der Waals surface area (Å²) in [6.45, 7) is 6.90. The quantitative estimate of drug-likeness (QED) is 0.606. The molecule has 2 fully saturated rings. The lowest BCUT2D eigenvalue weighted by Crippen LogP contribution is -2.40. The lowest BCUT2D eigenvalue weighted by Gasteiger charge is -2.30. The topological polar surface area (TPSA) is 32.8 Å². The van der Waals surface area contributed by atoms with Crippen molar-refractivity contribution < 1.29 is 9.84 Å². The molecule has 0 aromatic heterocycles. The summed E-state index contributed by atoms with van der Waals surface area (Å²) in [5, 5.41) is 9.93. The minimum Gasteiger partial charge on any atom is -0.390 e. The molecule has 2 nitrogen and oxygen atoms in total.